The summed E-state index contributed by atoms with van der Waals surface area (Å²) in [6, 6.07) is 0. The molecule has 6 nitrogen and oxygen atoms in total. The van der Waals surface area contributed by atoms with Gasteiger partial charge in [-0.05, 0) is 50.2 Å². The minimum absolute atomic E-state index is 0.0239. The van der Waals surface area contributed by atoms with E-state index in [4.69, 9.17) is 0 Å². The van der Waals surface area contributed by atoms with E-state index in [0.29, 0.717) is 31.1 Å². The Kier molecular flexibility index (Phi) is 3.55. The third kappa shape index (κ3) is 2.42. The lowest BCUT2D eigenvalue weighted by molar-refractivity contribution is 0.0756. The highest BCUT2D eigenvalue weighted by atomic mass is 16.2. The van der Waals surface area contributed by atoms with Crippen LogP contribution in [0.5, 0.6) is 0 Å². The van der Waals surface area contributed by atoms with Crippen LogP contribution in [-0.4, -0.2) is 44.9 Å². The Labute approximate surface area is 152 Å². The molecule has 3 aliphatic rings. The fourth-order valence-corrected chi connectivity index (χ4v) is 4.55. The Balaban J connectivity index is 1.39. The van der Waals surface area contributed by atoms with Gasteiger partial charge in [0, 0.05) is 48.8 Å². The zero-order valence-corrected chi connectivity index (χ0v) is 15.2. The summed E-state index contributed by atoms with van der Waals surface area (Å²) in [5.74, 6) is 0.821. The molecule has 1 saturated carbocycles. The van der Waals surface area contributed by atoms with E-state index in [1.54, 1.807) is 0 Å². The van der Waals surface area contributed by atoms with E-state index in [-0.39, 0.29) is 11.7 Å². The van der Waals surface area contributed by atoms with Crippen molar-refractivity contribution in [3.63, 3.8) is 0 Å². The Bertz CT molecular complexity index is 903. The summed E-state index contributed by atoms with van der Waals surface area (Å²) in [7, 11) is 0. The molecule has 1 fully saturated rings. The molecule has 0 aromatic carbocycles. The Hall–Kier alpha value is -2.37. The van der Waals surface area contributed by atoms with Gasteiger partial charge in [0.1, 0.15) is 5.69 Å². The maximum absolute atomic E-state index is 13.2. The summed E-state index contributed by atoms with van der Waals surface area (Å²) in [4.78, 5) is 30.6. The van der Waals surface area contributed by atoms with Crippen LogP contribution in [0.15, 0.2) is 0 Å². The van der Waals surface area contributed by atoms with Crippen LogP contribution in [0.4, 0.5) is 0 Å². The van der Waals surface area contributed by atoms with Crippen molar-refractivity contribution < 1.29 is 9.59 Å². The van der Waals surface area contributed by atoms with Crippen LogP contribution in [0.25, 0.3) is 0 Å². The molecule has 2 aromatic rings. The number of fused-ring (bicyclic) bond motifs is 2. The van der Waals surface area contributed by atoms with Gasteiger partial charge in [0.15, 0.2) is 5.78 Å². The van der Waals surface area contributed by atoms with Gasteiger partial charge in [0.05, 0.1) is 5.69 Å². The molecule has 6 heteroatoms. The molecule has 5 rings (SSSR count). The second kappa shape index (κ2) is 5.83. The van der Waals surface area contributed by atoms with Gasteiger partial charge in [-0.25, -0.2) is 0 Å². The standard InChI is InChI=1S/C20H24N4O2/c1-11-17-15(3-2-4-16(17)25)21-18(11)20(26)24-9-7-13-14(8-10-24)22-23-19(13)12-5-6-12/h12,21H,2-10H2,1H3,(H,22,23). The number of amides is 1. The van der Waals surface area contributed by atoms with Gasteiger partial charge in [-0.15, -0.1) is 0 Å². The third-order valence-electron chi connectivity index (χ3n) is 6.15. The first-order valence-corrected chi connectivity index (χ1v) is 9.73. The number of Topliss-reactive ketones (excluding diaryl/α,β-unsaturated/α-hetero) is 1. The average Bonchev–Trinajstić information content (AvgIpc) is 3.36. The second-order valence-corrected chi connectivity index (χ2v) is 7.89. The van der Waals surface area contributed by atoms with Gasteiger partial charge < -0.3 is 9.88 Å². The Morgan fingerprint density at radius 1 is 1.12 bits per heavy atom. The largest absolute Gasteiger partial charge is 0.354 e. The lowest BCUT2D eigenvalue weighted by Gasteiger charge is -2.20. The van der Waals surface area contributed by atoms with Crippen LogP contribution in [0, 0.1) is 6.92 Å². The molecule has 0 spiro atoms. The van der Waals surface area contributed by atoms with Crippen molar-refractivity contribution in [1.29, 1.82) is 0 Å². The normalized spacial score (nSPS) is 19.9. The van der Waals surface area contributed by atoms with Crippen LogP contribution in [0.2, 0.25) is 0 Å². The van der Waals surface area contributed by atoms with Crippen molar-refractivity contribution in [2.24, 2.45) is 0 Å². The molecule has 2 aromatic heterocycles. The second-order valence-electron chi connectivity index (χ2n) is 7.89. The summed E-state index contributed by atoms with van der Waals surface area (Å²) < 4.78 is 0. The van der Waals surface area contributed by atoms with Gasteiger partial charge in [-0.3, -0.25) is 14.7 Å². The van der Waals surface area contributed by atoms with Crippen molar-refractivity contribution in [3.8, 4) is 0 Å². The van der Waals surface area contributed by atoms with Crippen LogP contribution in [-0.2, 0) is 19.3 Å². The van der Waals surface area contributed by atoms with Crippen molar-refractivity contribution in [2.75, 3.05) is 13.1 Å². The maximum Gasteiger partial charge on any atom is 0.270 e. The summed E-state index contributed by atoms with van der Waals surface area (Å²) in [5.41, 5.74) is 6.91. The number of hydrogen-bond acceptors (Lipinski definition) is 3. The number of ketones is 1. The molecule has 0 bridgehead atoms. The zero-order valence-electron chi connectivity index (χ0n) is 15.2. The van der Waals surface area contributed by atoms with Crippen molar-refractivity contribution in [1.82, 2.24) is 20.1 Å². The number of rotatable bonds is 2. The van der Waals surface area contributed by atoms with Crippen LogP contribution in [0.1, 0.15) is 80.7 Å². The van der Waals surface area contributed by atoms with E-state index in [1.807, 2.05) is 11.8 Å². The van der Waals surface area contributed by atoms with Gasteiger partial charge in [-0.2, -0.15) is 5.10 Å². The molecular formula is C20H24N4O2. The van der Waals surface area contributed by atoms with Crippen LogP contribution in [0.3, 0.4) is 0 Å². The Morgan fingerprint density at radius 2 is 1.92 bits per heavy atom. The number of nitrogens with zero attached hydrogens (tertiary/aromatic N) is 2. The summed E-state index contributed by atoms with van der Waals surface area (Å²) in [5, 5.41) is 7.73. The number of carbonyl (C=O) groups is 2. The predicted octanol–water partition coefficient (Wildman–Crippen LogP) is 2.68. The molecule has 0 atom stereocenters. The molecule has 1 aliphatic heterocycles. The minimum Gasteiger partial charge on any atom is -0.354 e. The molecule has 1 amide bonds. The number of aromatic amines is 2. The highest BCUT2D eigenvalue weighted by molar-refractivity contribution is 6.04. The highest BCUT2D eigenvalue weighted by Gasteiger charge is 2.33. The van der Waals surface area contributed by atoms with Gasteiger partial charge in [0.25, 0.3) is 5.91 Å². The first kappa shape index (κ1) is 15.9. The molecular weight excluding hydrogens is 328 g/mol. The zero-order chi connectivity index (χ0) is 17.8. The number of nitrogens with one attached hydrogen (secondary N) is 2. The molecule has 136 valence electrons. The van der Waals surface area contributed by atoms with Crippen molar-refractivity contribution >= 4 is 11.7 Å². The van der Waals surface area contributed by atoms with E-state index in [2.05, 4.69) is 15.2 Å². The van der Waals surface area contributed by atoms with Gasteiger partial charge in [0.2, 0.25) is 0 Å². The fourth-order valence-electron chi connectivity index (χ4n) is 4.55. The molecule has 26 heavy (non-hydrogen) atoms. The number of hydrogen-bond donors (Lipinski definition) is 2. The summed E-state index contributed by atoms with van der Waals surface area (Å²) >= 11 is 0. The average molecular weight is 352 g/mol. The molecule has 0 saturated heterocycles. The number of H-pyrrole nitrogens is 2. The van der Waals surface area contributed by atoms with Crippen molar-refractivity contribution in [2.45, 2.75) is 57.8 Å². The SMILES string of the molecule is Cc1c(C(=O)N2CCc3[nH]nc(C4CC4)c3CC2)[nH]c2c1C(=O)CCC2. The smallest absolute Gasteiger partial charge is 0.270 e. The summed E-state index contributed by atoms with van der Waals surface area (Å²) in [6.07, 6.45) is 6.48. The first-order chi connectivity index (χ1) is 12.6. The Morgan fingerprint density at radius 3 is 2.69 bits per heavy atom. The number of aromatic nitrogens is 3. The fraction of sp³-hybridized carbons (Fsp3) is 0.550. The van der Waals surface area contributed by atoms with E-state index in [0.717, 1.165) is 42.5 Å². The summed E-state index contributed by atoms with van der Waals surface area (Å²) in [6.45, 7) is 3.30. The number of carbonyl (C=O) groups excluding carboxylic acids is 2. The lowest BCUT2D eigenvalue weighted by Crippen LogP contribution is -2.34. The monoisotopic (exact) mass is 352 g/mol. The highest BCUT2D eigenvalue weighted by Crippen LogP contribution is 2.41. The van der Waals surface area contributed by atoms with Gasteiger partial charge >= 0.3 is 0 Å². The minimum atomic E-state index is 0.0239. The molecule has 0 unspecified atom stereocenters. The van der Waals surface area contributed by atoms with Crippen molar-refractivity contribution in [3.05, 3.63) is 39.5 Å². The first-order valence-electron chi connectivity index (χ1n) is 9.73. The van der Waals surface area contributed by atoms with E-state index >= 15 is 0 Å². The maximum atomic E-state index is 13.2. The molecule has 2 N–H and O–H groups in total. The van der Waals surface area contributed by atoms with E-state index < -0.39 is 0 Å². The third-order valence-corrected chi connectivity index (χ3v) is 6.15. The number of aryl methyl sites for hydroxylation is 1. The van der Waals surface area contributed by atoms with E-state index in [1.165, 1.54) is 29.8 Å². The molecule has 3 heterocycles. The van der Waals surface area contributed by atoms with Gasteiger partial charge in [-0.1, -0.05) is 0 Å². The van der Waals surface area contributed by atoms with E-state index in [9.17, 15) is 9.59 Å². The molecule has 0 radical (unpaired) electrons. The van der Waals surface area contributed by atoms with Crippen LogP contribution >= 0.6 is 0 Å². The lowest BCUT2D eigenvalue weighted by atomic mass is 9.94. The topological polar surface area (TPSA) is 81.8 Å². The quantitative estimate of drug-likeness (QED) is 0.872. The molecule has 2 aliphatic carbocycles. The van der Waals surface area contributed by atoms with Crippen LogP contribution < -0.4 is 0 Å². The predicted molar refractivity (Wildman–Crippen MR) is 96.7 cm³/mol.